The van der Waals surface area contributed by atoms with E-state index in [-0.39, 0.29) is 17.4 Å². The summed E-state index contributed by atoms with van der Waals surface area (Å²) in [5, 5.41) is 0.192. The molecule has 100 valence electrons. The molecule has 18 heavy (non-hydrogen) atoms. The summed E-state index contributed by atoms with van der Waals surface area (Å²) in [6.07, 6.45) is -2.60. The summed E-state index contributed by atoms with van der Waals surface area (Å²) >= 11 is 2.96. The highest BCUT2D eigenvalue weighted by molar-refractivity contribution is 9.09. The number of hydrogen-bond donors (Lipinski definition) is 0. The Morgan fingerprint density at radius 2 is 2.06 bits per heavy atom. The van der Waals surface area contributed by atoms with E-state index >= 15 is 0 Å². The van der Waals surface area contributed by atoms with Gasteiger partial charge in [0.1, 0.15) is 12.4 Å². The molecular weight excluding hydrogens is 320 g/mol. The summed E-state index contributed by atoms with van der Waals surface area (Å²) in [6, 6.07) is 0.854. The Hall–Kier alpha value is -1.18. The van der Waals surface area contributed by atoms with Gasteiger partial charge in [-0.25, -0.2) is 4.39 Å². The molecule has 1 rings (SSSR count). The monoisotopic (exact) mass is 328 g/mol. The molecule has 0 saturated carbocycles. The zero-order valence-corrected chi connectivity index (χ0v) is 10.6. The molecule has 0 N–H and O–H groups in total. The number of amides is 1. The molecular formula is C10H9BrF4N2O. The minimum Gasteiger partial charge on any atom is -0.329 e. The molecule has 0 aromatic carbocycles. The van der Waals surface area contributed by atoms with Crippen LogP contribution in [-0.2, 0) is 0 Å². The lowest BCUT2D eigenvalue weighted by molar-refractivity contribution is -0.140. The van der Waals surface area contributed by atoms with Crippen LogP contribution < -0.4 is 0 Å². The van der Waals surface area contributed by atoms with Gasteiger partial charge in [-0.05, 0) is 6.07 Å². The summed E-state index contributed by atoms with van der Waals surface area (Å²) in [5.41, 5.74) is -0.208. The van der Waals surface area contributed by atoms with Gasteiger partial charge in [-0.2, -0.15) is 13.2 Å². The number of aromatic nitrogens is 1. The van der Waals surface area contributed by atoms with Crippen LogP contribution in [0, 0.1) is 5.82 Å². The van der Waals surface area contributed by atoms with E-state index in [1.807, 2.05) is 0 Å². The van der Waals surface area contributed by atoms with Crippen molar-refractivity contribution in [2.24, 2.45) is 0 Å². The fourth-order valence-corrected chi connectivity index (χ4v) is 1.71. The molecule has 0 saturated heterocycles. The molecule has 0 spiro atoms. The largest absolute Gasteiger partial charge is 0.406 e. The molecule has 0 radical (unpaired) electrons. The fraction of sp³-hybridized carbons (Fsp3) is 0.400. The van der Waals surface area contributed by atoms with Gasteiger partial charge in [-0.1, -0.05) is 15.9 Å². The van der Waals surface area contributed by atoms with Crippen LogP contribution in [0.2, 0.25) is 0 Å². The lowest BCUT2D eigenvalue weighted by Gasteiger charge is -2.23. The van der Waals surface area contributed by atoms with E-state index in [1.54, 1.807) is 0 Å². The average Bonchev–Trinajstić information content (AvgIpc) is 2.26. The number of nitrogens with zero attached hydrogens (tertiary/aromatic N) is 2. The predicted octanol–water partition coefficient (Wildman–Crippen LogP) is 2.62. The molecule has 0 fully saturated rings. The van der Waals surface area contributed by atoms with E-state index in [0.29, 0.717) is 4.90 Å². The Morgan fingerprint density at radius 3 is 2.56 bits per heavy atom. The molecule has 0 aliphatic rings. The van der Waals surface area contributed by atoms with Gasteiger partial charge < -0.3 is 4.90 Å². The first-order chi connectivity index (χ1) is 8.33. The first-order valence-corrected chi connectivity index (χ1v) is 5.98. The Bertz CT molecular complexity index is 425. The van der Waals surface area contributed by atoms with Crippen molar-refractivity contribution in [1.29, 1.82) is 0 Å². The van der Waals surface area contributed by atoms with Crippen LogP contribution >= 0.6 is 15.9 Å². The minimum absolute atomic E-state index is 0.130. The van der Waals surface area contributed by atoms with Crippen molar-refractivity contribution in [3.63, 3.8) is 0 Å². The van der Waals surface area contributed by atoms with Gasteiger partial charge in [0.25, 0.3) is 5.91 Å². The first-order valence-electron chi connectivity index (χ1n) is 4.86. The van der Waals surface area contributed by atoms with Crippen molar-refractivity contribution in [3.8, 4) is 0 Å². The number of pyridine rings is 1. The summed E-state index contributed by atoms with van der Waals surface area (Å²) in [6.45, 7) is -1.51. The van der Waals surface area contributed by atoms with Crippen molar-refractivity contribution >= 4 is 21.8 Å². The highest BCUT2D eigenvalue weighted by Gasteiger charge is 2.33. The molecule has 0 aliphatic heterocycles. The number of carbonyl (C=O) groups excluding carboxylic acids is 1. The maximum atomic E-state index is 12.8. The smallest absolute Gasteiger partial charge is 0.329 e. The van der Waals surface area contributed by atoms with Crippen molar-refractivity contribution in [3.05, 3.63) is 29.8 Å². The van der Waals surface area contributed by atoms with Crippen LogP contribution in [0.5, 0.6) is 0 Å². The summed E-state index contributed by atoms with van der Waals surface area (Å²) in [5.74, 6) is -1.68. The fourth-order valence-electron chi connectivity index (χ4n) is 1.28. The van der Waals surface area contributed by atoms with E-state index in [4.69, 9.17) is 0 Å². The third-order valence-corrected chi connectivity index (χ3v) is 2.32. The molecule has 0 unspecified atom stereocenters. The molecule has 0 aliphatic carbocycles. The standard InChI is InChI=1S/C10H9BrF4N2O/c11-1-2-17(6-10(13,14)15)9(18)7-3-8(12)5-16-4-7/h3-5H,1-2,6H2. The van der Waals surface area contributed by atoms with Crippen LogP contribution in [0.25, 0.3) is 0 Å². The van der Waals surface area contributed by atoms with Gasteiger partial charge in [-0.3, -0.25) is 9.78 Å². The van der Waals surface area contributed by atoms with E-state index in [9.17, 15) is 22.4 Å². The number of halogens is 5. The van der Waals surface area contributed by atoms with Crippen LogP contribution in [0.4, 0.5) is 17.6 Å². The quantitative estimate of drug-likeness (QED) is 0.628. The highest BCUT2D eigenvalue weighted by atomic mass is 79.9. The van der Waals surface area contributed by atoms with E-state index in [2.05, 4.69) is 20.9 Å². The van der Waals surface area contributed by atoms with Crippen LogP contribution in [0.15, 0.2) is 18.5 Å². The first kappa shape index (κ1) is 14.9. The molecule has 0 atom stereocenters. The zero-order chi connectivity index (χ0) is 13.8. The third-order valence-electron chi connectivity index (χ3n) is 1.96. The second kappa shape index (κ2) is 6.12. The molecule has 1 aromatic heterocycles. The predicted molar refractivity (Wildman–Crippen MR) is 59.9 cm³/mol. The summed E-state index contributed by atoms with van der Waals surface area (Å²) in [4.78, 5) is 15.8. The summed E-state index contributed by atoms with van der Waals surface area (Å²) < 4.78 is 49.7. The number of carbonyl (C=O) groups is 1. The molecule has 1 amide bonds. The van der Waals surface area contributed by atoms with Crippen molar-refractivity contribution in [2.75, 3.05) is 18.4 Å². The van der Waals surface area contributed by atoms with Crippen LogP contribution in [0.1, 0.15) is 10.4 Å². The molecule has 1 aromatic rings. The maximum absolute atomic E-state index is 12.8. The second-order valence-electron chi connectivity index (χ2n) is 3.42. The number of hydrogen-bond acceptors (Lipinski definition) is 2. The molecule has 0 bridgehead atoms. The van der Waals surface area contributed by atoms with E-state index in [0.717, 1.165) is 18.5 Å². The topological polar surface area (TPSA) is 33.2 Å². The molecule has 3 nitrogen and oxygen atoms in total. The van der Waals surface area contributed by atoms with Crippen LogP contribution in [-0.4, -0.2) is 40.4 Å². The normalized spacial score (nSPS) is 11.4. The van der Waals surface area contributed by atoms with Gasteiger partial charge in [0.15, 0.2) is 0 Å². The lowest BCUT2D eigenvalue weighted by atomic mass is 10.2. The van der Waals surface area contributed by atoms with Crippen molar-refractivity contribution < 1.29 is 22.4 Å². The van der Waals surface area contributed by atoms with Gasteiger partial charge >= 0.3 is 6.18 Å². The van der Waals surface area contributed by atoms with Gasteiger partial charge in [0.05, 0.1) is 11.8 Å². The Balaban J connectivity index is 2.89. The molecule has 8 heteroatoms. The van der Waals surface area contributed by atoms with E-state index in [1.165, 1.54) is 0 Å². The summed E-state index contributed by atoms with van der Waals surface area (Å²) in [7, 11) is 0. The number of rotatable bonds is 4. The van der Waals surface area contributed by atoms with Gasteiger partial charge in [-0.15, -0.1) is 0 Å². The Kier molecular flexibility index (Phi) is 5.06. The van der Waals surface area contributed by atoms with Gasteiger partial charge in [0, 0.05) is 18.1 Å². The van der Waals surface area contributed by atoms with Crippen LogP contribution in [0.3, 0.4) is 0 Å². The second-order valence-corrected chi connectivity index (χ2v) is 4.22. The Morgan fingerprint density at radius 1 is 1.39 bits per heavy atom. The third kappa shape index (κ3) is 4.59. The zero-order valence-electron chi connectivity index (χ0n) is 9.05. The molecule has 1 heterocycles. The van der Waals surface area contributed by atoms with E-state index < -0.39 is 24.4 Å². The number of alkyl halides is 4. The van der Waals surface area contributed by atoms with Crippen molar-refractivity contribution in [2.45, 2.75) is 6.18 Å². The average molecular weight is 329 g/mol. The minimum atomic E-state index is -4.50. The maximum Gasteiger partial charge on any atom is 0.406 e. The SMILES string of the molecule is O=C(c1cncc(F)c1)N(CCBr)CC(F)(F)F. The highest BCUT2D eigenvalue weighted by Crippen LogP contribution is 2.18. The lowest BCUT2D eigenvalue weighted by Crippen LogP contribution is -2.40. The Labute approximate surface area is 109 Å². The van der Waals surface area contributed by atoms with Crippen molar-refractivity contribution in [1.82, 2.24) is 9.88 Å². The van der Waals surface area contributed by atoms with Gasteiger partial charge in [0.2, 0.25) is 0 Å².